The molecule has 0 fully saturated rings. The molecule has 0 amide bonds. The highest BCUT2D eigenvalue weighted by Gasteiger charge is 2.21. The van der Waals surface area contributed by atoms with Gasteiger partial charge in [-0.15, -0.1) is 0 Å². The van der Waals surface area contributed by atoms with Gasteiger partial charge in [0.1, 0.15) is 11.4 Å². The highest BCUT2D eigenvalue weighted by molar-refractivity contribution is 5.95. The fraction of sp³-hybridized carbons (Fsp3) is 0.0526. The van der Waals surface area contributed by atoms with Crippen molar-refractivity contribution in [1.29, 1.82) is 0 Å². The molecule has 0 aliphatic heterocycles. The molecule has 4 nitrogen and oxygen atoms in total. The van der Waals surface area contributed by atoms with Gasteiger partial charge in [-0.3, -0.25) is 4.79 Å². The molecule has 0 bridgehead atoms. The molecule has 3 aromatic rings. The lowest BCUT2D eigenvalue weighted by Gasteiger charge is -2.17. The summed E-state index contributed by atoms with van der Waals surface area (Å²) < 4.78 is 14.8. The first kappa shape index (κ1) is 15.7. The van der Waals surface area contributed by atoms with Crippen LogP contribution in [0.15, 0.2) is 65.5 Å². The van der Waals surface area contributed by atoms with Crippen LogP contribution in [0.3, 0.4) is 0 Å². The van der Waals surface area contributed by atoms with Crippen LogP contribution in [0, 0.1) is 5.82 Å². The molecule has 1 heterocycles. The second kappa shape index (κ2) is 6.12. The van der Waals surface area contributed by atoms with Crippen molar-refractivity contribution in [3.8, 4) is 22.5 Å². The van der Waals surface area contributed by atoms with Crippen LogP contribution in [0.2, 0.25) is 0 Å². The zero-order chi connectivity index (χ0) is 17.3. The third kappa shape index (κ3) is 2.72. The Labute approximate surface area is 137 Å². The van der Waals surface area contributed by atoms with Crippen molar-refractivity contribution < 1.29 is 14.3 Å². The van der Waals surface area contributed by atoms with Gasteiger partial charge in [0.15, 0.2) is 5.43 Å². The predicted molar refractivity (Wildman–Crippen MR) is 89.5 cm³/mol. The fourth-order valence-corrected chi connectivity index (χ4v) is 2.74. The summed E-state index contributed by atoms with van der Waals surface area (Å²) in [5.41, 5.74) is 1.17. The summed E-state index contributed by atoms with van der Waals surface area (Å²) >= 11 is 0. The summed E-state index contributed by atoms with van der Waals surface area (Å²) in [6.45, 7) is 0. The Balaban J connectivity index is 2.36. The lowest BCUT2D eigenvalue weighted by atomic mass is 10.0. The molecule has 24 heavy (non-hydrogen) atoms. The number of pyridine rings is 1. The minimum absolute atomic E-state index is 0.244. The minimum Gasteiger partial charge on any atom is -0.477 e. The van der Waals surface area contributed by atoms with Gasteiger partial charge in [-0.05, 0) is 35.4 Å². The number of carboxylic acid groups (broad SMARTS) is 1. The van der Waals surface area contributed by atoms with Gasteiger partial charge in [-0.1, -0.05) is 30.3 Å². The lowest BCUT2D eigenvalue weighted by Crippen LogP contribution is -2.21. The Morgan fingerprint density at radius 1 is 1.00 bits per heavy atom. The number of halogens is 1. The van der Waals surface area contributed by atoms with Crippen molar-refractivity contribution in [3.63, 3.8) is 0 Å². The average molecular weight is 323 g/mol. The van der Waals surface area contributed by atoms with E-state index >= 15 is 0 Å². The summed E-state index contributed by atoms with van der Waals surface area (Å²) in [6, 6.07) is 15.9. The van der Waals surface area contributed by atoms with Gasteiger partial charge in [0, 0.05) is 13.1 Å². The van der Waals surface area contributed by atoms with Crippen molar-refractivity contribution in [2.75, 3.05) is 0 Å². The Bertz CT molecular complexity index is 960. The van der Waals surface area contributed by atoms with Gasteiger partial charge in [-0.25, -0.2) is 9.18 Å². The number of aromatic carboxylic acids is 1. The first-order valence-electron chi connectivity index (χ1n) is 7.27. The van der Waals surface area contributed by atoms with E-state index in [1.165, 1.54) is 30.3 Å². The molecule has 0 saturated carbocycles. The van der Waals surface area contributed by atoms with E-state index in [0.717, 1.165) is 5.56 Å². The first-order valence-corrected chi connectivity index (χ1v) is 7.27. The zero-order valence-electron chi connectivity index (χ0n) is 12.9. The number of carboxylic acids is 1. The van der Waals surface area contributed by atoms with E-state index in [1.54, 1.807) is 11.6 Å². The maximum Gasteiger partial charge on any atom is 0.341 e. The second-order valence-electron chi connectivity index (χ2n) is 5.35. The van der Waals surface area contributed by atoms with Crippen LogP contribution in [0.4, 0.5) is 4.39 Å². The monoisotopic (exact) mass is 323 g/mol. The highest BCUT2D eigenvalue weighted by Crippen LogP contribution is 2.27. The summed E-state index contributed by atoms with van der Waals surface area (Å²) in [4.78, 5) is 24.0. The molecule has 0 aliphatic carbocycles. The van der Waals surface area contributed by atoms with E-state index in [-0.39, 0.29) is 11.3 Å². The smallest absolute Gasteiger partial charge is 0.341 e. The number of carbonyl (C=O) groups is 1. The number of benzene rings is 2. The van der Waals surface area contributed by atoms with E-state index in [4.69, 9.17) is 0 Å². The molecule has 0 unspecified atom stereocenters. The molecule has 0 spiro atoms. The van der Waals surface area contributed by atoms with Crippen LogP contribution in [-0.4, -0.2) is 15.6 Å². The fourth-order valence-electron chi connectivity index (χ4n) is 2.74. The Kier molecular flexibility index (Phi) is 4.00. The molecular weight excluding hydrogens is 309 g/mol. The minimum atomic E-state index is -1.31. The number of hydrogen-bond donors (Lipinski definition) is 1. The SMILES string of the molecule is Cn1c(-c2ccccc2)cc(=O)c(C(=O)O)c1-c1ccc(F)cc1. The Hall–Kier alpha value is -3.21. The third-order valence-electron chi connectivity index (χ3n) is 3.85. The van der Waals surface area contributed by atoms with Gasteiger partial charge in [0.25, 0.3) is 0 Å². The van der Waals surface area contributed by atoms with Crippen LogP contribution in [-0.2, 0) is 7.05 Å². The molecule has 0 saturated heterocycles. The van der Waals surface area contributed by atoms with Crippen molar-refractivity contribution in [2.45, 2.75) is 0 Å². The second-order valence-corrected chi connectivity index (χ2v) is 5.35. The quantitative estimate of drug-likeness (QED) is 0.802. The van der Waals surface area contributed by atoms with Gasteiger partial charge in [0.2, 0.25) is 0 Å². The molecule has 1 aromatic heterocycles. The molecule has 120 valence electrons. The van der Waals surface area contributed by atoms with Crippen LogP contribution < -0.4 is 5.43 Å². The Morgan fingerprint density at radius 2 is 1.62 bits per heavy atom. The lowest BCUT2D eigenvalue weighted by molar-refractivity contribution is 0.0695. The average Bonchev–Trinajstić information content (AvgIpc) is 2.57. The number of hydrogen-bond acceptors (Lipinski definition) is 2. The molecule has 0 radical (unpaired) electrons. The summed E-state index contributed by atoms with van der Waals surface area (Å²) in [5.74, 6) is -1.74. The van der Waals surface area contributed by atoms with Crippen molar-refractivity contribution in [2.24, 2.45) is 7.05 Å². The maximum atomic E-state index is 13.2. The van der Waals surface area contributed by atoms with Crippen LogP contribution in [0.5, 0.6) is 0 Å². The maximum absolute atomic E-state index is 13.2. The number of rotatable bonds is 3. The summed E-state index contributed by atoms with van der Waals surface area (Å²) in [6.07, 6.45) is 0. The molecule has 1 N–H and O–H groups in total. The summed E-state index contributed by atoms with van der Waals surface area (Å²) in [5, 5.41) is 9.46. The molecule has 3 rings (SSSR count). The van der Waals surface area contributed by atoms with E-state index in [2.05, 4.69) is 0 Å². The van der Waals surface area contributed by atoms with E-state index in [1.807, 2.05) is 30.3 Å². The van der Waals surface area contributed by atoms with Gasteiger partial charge >= 0.3 is 5.97 Å². The van der Waals surface area contributed by atoms with Gasteiger partial charge in [0.05, 0.1) is 11.4 Å². The predicted octanol–water partition coefficient (Wildman–Crippen LogP) is 3.56. The molecule has 5 heteroatoms. The molecule has 0 aliphatic rings. The van der Waals surface area contributed by atoms with Crippen LogP contribution in [0.1, 0.15) is 10.4 Å². The van der Waals surface area contributed by atoms with Crippen LogP contribution >= 0.6 is 0 Å². The highest BCUT2D eigenvalue weighted by atomic mass is 19.1. The van der Waals surface area contributed by atoms with Gasteiger partial charge in [-0.2, -0.15) is 0 Å². The van der Waals surface area contributed by atoms with Crippen molar-refractivity contribution in [1.82, 2.24) is 4.57 Å². The topological polar surface area (TPSA) is 59.3 Å². The molecule has 2 aromatic carbocycles. The zero-order valence-corrected chi connectivity index (χ0v) is 12.9. The van der Waals surface area contributed by atoms with E-state index in [0.29, 0.717) is 11.3 Å². The third-order valence-corrected chi connectivity index (χ3v) is 3.85. The molecular formula is C19H14FNO3. The number of aromatic nitrogens is 1. The van der Waals surface area contributed by atoms with Crippen LogP contribution in [0.25, 0.3) is 22.5 Å². The normalized spacial score (nSPS) is 10.6. The first-order chi connectivity index (χ1) is 11.5. The van der Waals surface area contributed by atoms with Crippen molar-refractivity contribution >= 4 is 5.97 Å². The standard InChI is InChI=1S/C19H14FNO3/c1-21-15(12-5-3-2-4-6-12)11-16(22)17(19(23)24)18(21)13-7-9-14(20)10-8-13/h2-11H,1H3,(H,23,24). The Morgan fingerprint density at radius 3 is 2.21 bits per heavy atom. The van der Waals surface area contributed by atoms with E-state index < -0.39 is 17.2 Å². The largest absolute Gasteiger partial charge is 0.477 e. The number of nitrogens with zero attached hydrogens (tertiary/aromatic N) is 1. The van der Waals surface area contributed by atoms with Gasteiger partial charge < -0.3 is 9.67 Å². The van der Waals surface area contributed by atoms with E-state index in [9.17, 15) is 19.1 Å². The van der Waals surface area contributed by atoms with Crippen molar-refractivity contribution in [3.05, 3.63) is 82.3 Å². The molecule has 0 atom stereocenters. The summed E-state index contributed by atoms with van der Waals surface area (Å²) in [7, 11) is 1.69.